The first-order chi connectivity index (χ1) is 9.74. The highest BCUT2D eigenvalue weighted by atomic mass is 35.5. The quantitative estimate of drug-likeness (QED) is 0.382. The van der Waals surface area contributed by atoms with Crippen molar-refractivity contribution in [3.8, 4) is 0 Å². The number of hydrogen-bond acceptors (Lipinski definition) is 4. The van der Waals surface area contributed by atoms with E-state index < -0.39 is 4.92 Å². The van der Waals surface area contributed by atoms with Crippen molar-refractivity contribution in [1.82, 2.24) is 4.98 Å². The number of nitrogens with one attached hydrogen (secondary N) is 1. The lowest BCUT2D eigenvalue weighted by Crippen LogP contribution is -2.01. The molecule has 0 amide bonds. The van der Waals surface area contributed by atoms with E-state index in [9.17, 15) is 10.1 Å². The van der Waals surface area contributed by atoms with Gasteiger partial charge in [-0.05, 0) is 6.07 Å². The topological polar surface area (TPSA) is 68.1 Å². The van der Waals surface area contributed by atoms with Gasteiger partial charge in [0.15, 0.2) is 0 Å². The zero-order valence-corrected chi connectivity index (χ0v) is 12.9. The average Bonchev–Trinajstić information content (AvgIpc) is 2.51. The molecule has 0 fully saturated rings. The fourth-order valence-electron chi connectivity index (χ4n) is 1.52. The molecule has 0 saturated carbocycles. The number of para-hydroxylation sites is 1. The van der Waals surface area contributed by atoms with Crippen molar-refractivity contribution >= 4 is 33.9 Å². The van der Waals surface area contributed by atoms with Gasteiger partial charge < -0.3 is 5.32 Å². The van der Waals surface area contributed by atoms with E-state index in [1.54, 1.807) is 18.2 Å². The third kappa shape index (κ3) is 4.35. The first-order valence-corrected chi connectivity index (χ1v) is 7.09. The molecule has 0 radical (unpaired) electrons. The molecule has 2 rings (SSSR count). The third-order valence-electron chi connectivity index (χ3n) is 2.20. The Labute approximate surface area is 124 Å². The molecule has 6 heteroatoms. The van der Waals surface area contributed by atoms with E-state index in [0.29, 0.717) is 16.6 Å². The van der Waals surface area contributed by atoms with E-state index in [-0.39, 0.29) is 11.7 Å². The Hall–Kier alpha value is -1.88. The molecular weight excluding hydrogens is 278 g/mol. The fraction of sp³-hybridized carbons (Fsp3) is 0.357. The molecule has 1 N–H and O–H groups in total. The summed E-state index contributed by atoms with van der Waals surface area (Å²) in [5.74, 6) is 0. The molecule has 1 aromatic carbocycles. The molecule has 1 heterocycles. The maximum Gasteiger partial charge on any atom is 0.311 e. The highest BCUT2D eigenvalue weighted by molar-refractivity contribution is 6.19. The lowest BCUT2D eigenvalue weighted by Gasteiger charge is -2.06. The Morgan fingerprint density at radius 2 is 1.85 bits per heavy atom. The first kappa shape index (κ1) is 18.1. The minimum absolute atomic E-state index is 0.0700. The summed E-state index contributed by atoms with van der Waals surface area (Å²) in [5.41, 5.74) is 1.03. The molecular formula is C14H20ClN3O2. The number of benzene rings is 1. The molecule has 0 aliphatic rings. The van der Waals surface area contributed by atoms with Gasteiger partial charge >= 0.3 is 5.69 Å². The van der Waals surface area contributed by atoms with Gasteiger partial charge in [0.05, 0.1) is 16.4 Å². The number of fused-ring (bicyclic) bond motifs is 1. The largest absolute Gasteiger partial charge is 0.366 e. The van der Waals surface area contributed by atoms with Crippen LogP contribution in [-0.4, -0.2) is 15.9 Å². The van der Waals surface area contributed by atoms with Crippen LogP contribution in [0.2, 0.25) is 0 Å². The second-order valence-corrected chi connectivity index (χ2v) is 3.37. The number of aromatic nitrogens is 1. The number of nitro groups is 1. The van der Waals surface area contributed by atoms with E-state index >= 15 is 0 Å². The van der Waals surface area contributed by atoms with E-state index in [0.717, 1.165) is 0 Å². The molecule has 0 bridgehead atoms. The lowest BCUT2D eigenvalue weighted by atomic mass is 10.1. The minimum Gasteiger partial charge on any atom is -0.366 e. The van der Waals surface area contributed by atoms with E-state index in [2.05, 4.69) is 10.3 Å². The first-order valence-electron chi connectivity index (χ1n) is 6.56. The van der Waals surface area contributed by atoms with Crippen molar-refractivity contribution in [2.24, 2.45) is 0 Å². The molecule has 110 valence electrons. The molecule has 0 saturated heterocycles. The second-order valence-electron chi connectivity index (χ2n) is 3.10. The van der Waals surface area contributed by atoms with Gasteiger partial charge in [-0.3, -0.25) is 10.1 Å². The number of halogens is 1. The van der Waals surface area contributed by atoms with E-state index in [1.807, 2.05) is 33.8 Å². The zero-order chi connectivity index (χ0) is 15.5. The molecule has 1 aromatic heterocycles. The monoisotopic (exact) mass is 297 g/mol. The number of pyridine rings is 1. The predicted molar refractivity (Wildman–Crippen MR) is 85.4 cm³/mol. The van der Waals surface area contributed by atoms with Crippen LogP contribution in [0, 0.1) is 10.1 Å². The predicted octanol–water partition coefficient (Wildman–Crippen LogP) is 4.80. The molecule has 0 atom stereocenters. The Kier molecular flexibility index (Phi) is 9.04. The van der Waals surface area contributed by atoms with Crippen LogP contribution in [0.5, 0.6) is 0 Å². The SMILES string of the molecule is CC.CC.O=[N+]([O-])c1cnc2ccccc2c1NCCl. The van der Waals surface area contributed by atoms with E-state index in [1.165, 1.54) is 6.20 Å². The summed E-state index contributed by atoms with van der Waals surface area (Å²) < 4.78 is 0. The Morgan fingerprint density at radius 3 is 2.40 bits per heavy atom. The molecule has 5 nitrogen and oxygen atoms in total. The Balaban J connectivity index is 0.000000829. The summed E-state index contributed by atoms with van der Waals surface area (Å²) in [4.78, 5) is 14.4. The zero-order valence-electron chi connectivity index (χ0n) is 12.2. The molecule has 0 unspecified atom stereocenters. The van der Waals surface area contributed by atoms with Crippen molar-refractivity contribution in [2.75, 3.05) is 11.3 Å². The molecule has 2 aromatic rings. The summed E-state index contributed by atoms with van der Waals surface area (Å²) in [5, 5.41) is 14.3. The summed E-state index contributed by atoms with van der Waals surface area (Å²) in [6.45, 7) is 8.00. The maximum atomic E-state index is 10.8. The van der Waals surface area contributed by atoms with Gasteiger partial charge in [-0.2, -0.15) is 0 Å². The van der Waals surface area contributed by atoms with Crippen molar-refractivity contribution < 1.29 is 4.92 Å². The highest BCUT2D eigenvalue weighted by Gasteiger charge is 2.16. The molecule has 20 heavy (non-hydrogen) atoms. The summed E-state index contributed by atoms with van der Waals surface area (Å²) >= 11 is 5.56. The van der Waals surface area contributed by atoms with Crippen LogP contribution < -0.4 is 5.32 Å². The van der Waals surface area contributed by atoms with Crippen LogP contribution in [0.15, 0.2) is 30.5 Å². The number of nitrogens with zero attached hydrogens (tertiary/aromatic N) is 2. The van der Waals surface area contributed by atoms with Crippen LogP contribution in [0.25, 0.3) is 10.9 Å². The Bertz CT molecular complexity index is 547. The fourth-order valence-corrected chi connectivity index (χ4v) is 1.66. The van der Waals surface area contributed by atoms with Crippen molar-refractivity contribution in [3.63, 3.8) is 0 Å². The Morgan fingerprint density at radius 1 is 1.25 bits per heavy atom. The average molecular weight is 298 g/mol. The van der Waals surface area contributed by atoms with Gasteiger partial charge in [-0.15, -0.1) is 11.6 Å². The highest BCUT2D eigenvalue weighted by Crippen LogP contribution is 2.31. The smallest absolute Gasteiger partial charge is 0.311 e. The van der Waals surface area contributed by atoms with Gasteiger partial charge in [0.2, 0.25) is 0 Å². The summed E-state index contributed by atoms with van der Waals surface area (Å²) in [7, 11) is 0. The second kappa shape index (κ2) is 9.97. The van der Waals surface area contributed by atoms with Crippen molar-refractivity contribution in [3.05, 3.63) is 40.6 Å². The number of alkyl halides is 1. The van der Waals surface area contributed by atoms with Gasteiger partial charge in [0.25, 0.3) is 0 Å². The van der Waals surface area contributed by atoms with Crippen molar-refractivity contribution in [2.45, 2.75) is 27.7 Å². The van der Waals surface area contributed by atoms with Crippen LogP contribution >= 0.6 is 11.6 Å². The number of anilines is 1. The third-order valence-corrected chi connectivity index (χ3v) is 2.33. The lowest BCUT2D eigenvalue weighted by molar-refractivity contribution is -0.384. The summed E-state index contributed by atoms with van der Waals surface area (Å²) in [6, 6.07) is 7.29. The normalized spacial score (nSPS) is 8.85. The number of hydrogen-bond donors (Lipinski definition) is 1. The number of rotatable bonds is 3. The molecule has 0 aliphatic carbocycles. The van der Waals surface area contributed by atoms with Crippen LogP contribution in [-0.2, 0) is 0 Å². The standard InChI is InChI=1S/C10H8ClN3O2.2C2H6/c11-6-13-10-7-3-1-2-4-8(7)12-5-9(10)14(15)16;2*1-2/h1-5H,6H2,(H,12,13);2*1-2H3. The van der Waals surface area contributed by atoms with Crippen molar-refractivity contribution in [1.29, 1.82) is 0 Å². The molecule has 0 aliphatic heterocycles. The maximum absolute atomic E-state index is 10.8. The van der Waals surface area contributed by atoms with Crippen LogP contribution in [0.1, 0.15) is 27.7 Å². The summed E-state index contributed by atoms with van der Waals surface area (Å²) in [6.07, 6.45) is 1.23. The van der Waals surface area contributed by atoms with Gasteiger partial charge in [-0.1, -0.05) is 45.9 Å². The van der Waals surface area contributed by atoms with Crippen LogP contribution in [0.3, 0.4) is 0 Å². The van der Waals surface area contributed by atoms with Gasteiger partial charge in [-0.25, -0.2) is 4.98 Å². The van der Waals surface area contributed by atoms with Gasteiger partial charge in [0, 0.05) is 5.39 Å². The minimum atomic E-state index is -0.478. The van der Waals surface area contributed by atoms with E-state index in [4.69, 9.17) is 11.6 Å². The van der Waals surface area contributed by atoms with Crippen LogP contribution in [0.4, 0.5) is 11.4 Å². The van der Waals surface area contributed by atoms with Gasteiger partial charge in [0.1, 0.15) is 11.9 Å². The molecule has 0 spiro atoms.